The molecule has 0 radical (unpaired) electrons. The Morgan fingerprint density at radius 1 is 1.21 bits per heavy atom. The summed E-state index contributed by atoms with van der Waals surface area (Å²) in [5.41, 5.74) is 3.26. The second-order valence-electron chi connectivity index (χ2n) is 8.92. The van der Waals surface area contributed by atoms with Crippen molar-refractivity contribution in [3.05, 3.63) is 52.8 Å². The lowest BCUT2D eigenvalue weighted by Crippen LogP contribution is -2.32. The normalized spacial score (nSPS) is 13.6. The molecule has 0 saturated carbocycles. The van der Waals surface area contributed by atoms with Gasteiger partial charge < -0.3 is 24.4 Å². The van der Waals surface area contributed by atoms with Crippen LogP contribution in [-0.2, 0) is 17.6 Å². The van der Waals surface area contributed by atoms with Crippen LogP contribution in [0.3, 0.4) is 0 Å². The summed E-state index contributed by atoms with van der Waals surface area (Å²) >= 11 is 0. The van der Waals surface area contributed by atoms with Crippen LogP contribution in [0.2, 0.25) is 0 Å². The molecule has 2 atom stereocenters. The van der Waals surface area contributed by atoms with E-state index >= 15 is 0 Å². The maximum atomic E-state index is 13.6. The summed E-state index contributed by atoms with van der Waals surface area (Å²) < 4.78 is 66.1. The van der Waals surface area contributed by atoms with Gasteiger partial charge in [-0.05, 0) is 64.8 Å². The first-order chi connectivity index (χ1) is 18.1. The number of anilines is 1. The van der Waals surface area contributed by atoms with Gasteiger partial charge in [-0.25, -0.2) is 9.18 Å². The van der Waals surface area contributed by atoms with Gasteiger partial charge in [-0.15, -0.1) is 0 Å². The Morgan fingerprint density at radius 3 is 2.71 bits per heavy atom. The van der Waals surface area contributed by atoms with Crippen LogP contribution in [0.1, 0.15) is 30.0 Å². The van der Waals surface area contributed by atoms with Gasteiger partial charge in [0.2, 0.25) is 0 Å². The molecule has 12 heteroatoms. The highest BCUT2D eigenvalue weighted by Gasteiger charge is 2.29. The number of carbonyl (C=O) groups is 1. The van der Waals surface area contributed by atoms with E-state index < -0.39 is 24.3 Å². The maximum absolute atomic E-state index is 13.6. The van der Waals surface area contributed by atoms with E-state index in [1.165, 1.54) is 0 Å². The van der Waals surface area contributed by atoms with E-state index in [0.717, 1.165) is 48.0 Å². The summed E-state index contributed by atoms with van der Waals surface area (Å²) in [4.78, 5) is 13.1. The van der Waals surface area contributed by atoms with Crippen LogP contribution in [0.5, 0.6) is 11.5 Å². The minimum atomic E-state index is -4.52. The molecule has 2 aromatic rings. The monoisotopic (exact) mass is 555 g/mol. The van der Waals surface area contributed by atoms with Crippen LogP contribution in [0, 0.1) is 17.1 Å². The minimum absolute atomic E-state index is 0.00996. The summed E-state index contributed by atoms with van der Waals surface area (Å²) in [5.74, 6) is -0.927. The van der Waals surface area contributed by atoms with Gasteiger partial charge in [-0.2, -0.15) is 18.4 Å². The average molecular weight is 556 g/mol. The molecule has 0 amide bonds. The van der Waals surface area contributed by atoms with Gasteiger partial charge in [0.25, 0.3) is 0 Å². The summed E-state index contributed by atoms with van der Waals surface area (Å²) in [6.07, 6.45) is -2.38. The number of nitrogens with zero attached hydrogens (tertiary/aromatic N) is 2. The second-order valence-corrected chi connectivity index (χ2v) is 9.40. The Morgan fingerprint density at radius 2 is 2.00 bits per heavy atom. The van der Waals surface area contributed by atoms with Crippen molar-refractivity contribution in [1.29, 1.82) is 5.26 Å². The van der Waals surface area contributed by atoms with Crippen molar-refractivity contribution in [2.75, 3.05) is 44.4 Å². The van der Waals surface area contributed by atoms with Crippen molar-refractivity contribution in [3.63, 3.8) is 0 Å². The van der Waals surface area contributed by atoms with Crippen molar-refractivity contribution in [1.82, 2.24) is 5.32 Å². The van der Waals surface area contributed by atoms with Crippen LogP contribution in [-0.4, -0.2) is 57.4 Å². The Bertz CT molecular complexity index is 1160. The van der Waals surface area contributed by atoms with E-state index in [9.17, 15) is 27.6 Å². The largest absolute Gasteiger partial charge is 0.488 e. The van der Waals surface area contributed by atoms with E-state index in [1.54, 1.807) is 0 Å². The zero-order chi connectivity index (χ0) is 27.7. The molecule has 1 aliphatic heterocycles. The fraction of sp³-hybridized carbons (Fsp3) is 0.462. The fourth-order valence-electron chi connectivity index (χ4n) is 4.31. The predicted octanol–water partition coefficient (Wildman–Crippen LogP) is 5.00. The molecule has 3 rings (SSSR count). The smallest absolute Gasteiger partial charge is 0.422 e. The maximum Gasteiger partial charge on any atom is 0.422 e. The SMILES string of the molecule is C[C@H](Cc1cc(C#N)c2c(c1)CCN2CCCOC(=O)P)NCCOc1cc(F)ccc1OCC(F)(F)F. The molecule has 0 spiro atoms. The number of alkyl halides is 3. The molecule has 38 heavy (non-hydrogen) atoms. The Kier molecular flexibility index (Phi) is 10.6. The lowest BCUT2D eigenvalue weighted by Gasteiger charge is -2.21. The lowest BCUT2D eigenvalue weighted by atomic mass is 9.99. The Balaban J connectivity index is 1.51. The number of carbonyl (C=O) groups excluding carboxylic acids is 1. The van der Waals surface area contributed by atoms with Crippen LogP contribution >= 0.6 is 9.24 Å². The molecule has 206 valence electrons. The molecule has 2 aromatic carbocycles. The first-order valence-corrected chi connectivity index (χ1v) is 12.7. The van der Waals surface area contributed by atoms with E-state index in [0.29, 0.717) is 38.1 Å². The summed E-state index contributed by atoms with van der Waals surface area (Å²) in [7, 11) is 1.98. The first-order valence-electron chi connectivity index (χ1n) is 12.1. The van der Waals surface area contributed by atoms with Crippen LogP contribution in [0.25, 0.3) is 0 Å². The van der Waals surface area contributed by atoms with E-state index in [2.05, 4.69) is 22.4 Å². The van der Waals surface area contributed by atoms with Gasteiger partial charge in [-0.3, -0.25) is 0 Å². The standard InChI is InChI=1S/C26H30F4N3O4P/c1-17(32-6-10-35-23-14-21(27)3-4-22(23)37-16-26(28,29)30)11-18-12-19-5-8-33(7-2-9-36-25(34)38)24(19)20(13-18)15-31/h3-4,12-14,17,32H,2,5-11,16,38H2,1H3/t17-/m1/s1. The fourth-order valence-corrected chi connectivity index (χ4v) is 4.43. The molecule has 1 N–H and O–H groups in total. The molecule has 1 aliphatic rings. The summed E-state index contributed by atoms with van der Waals surface area (Å²) in [6, 6.07) is 9.39. The number of halogens is 4. The van der Waals surface area contributed by atoms with Gasteiger partial charge >= 0.3 is 11.9 Å². The highest BCUT2D eigenvalue weighted by molar-refractivity contribution is 7.39. The number of nitrogens with one attached hydrogen (secondary N) is 1. The van der Waals surface area contributed by atoms with Crippen molar-refractivity contribution >= 4 is 20.6 Å². The molecule has 0 bridgehead atoms. The van der Waals surface area contributed by atoms with Crippen molar-refractivity contribution < 1.29 is 36.6 Å². The number of rotatable bonds is 13. The number of nitriles is 1. The number of benzene rings is 2. The topological polar surface area (TPSA) is 83.8 Å². The first kappa shape index (κ1) is 29.5. The van der Waals surface area contributed by atoms with Gasteiger partial charge in [0.05, 0.1) is 17.9 Å². The van der Waals surface area contributed by atoms with Gasteiger partial charge in [0.15, 0.2) is 18.1 Å². The Hall–Kier alpha value is -3.09. The lowest BCUT2D eigenvalue weighted by molar-refractivity contribution is -0.153. The molecule has 1 heterocycles. The zero-order valence-corrected chi connectivity index (χ0v) is 22.1. The van der Waals surface area contributed by atoms with Crippen LogP contribution < -0.4 is 19.7 Å². The molecular formula is C26H30F4N3O4P. The third kappa shape index (κ3) is 9.03. The number of ether oxygens (including phenoxy) is 3. The predicted molar refractivity (Wildman–Crippen MR) is 137 cm³/mol. The van der Waals surface area contributed by atoms with E-state index in [-0.39, 0.29) is 24.1 Å². The Labute approximate surface area is 221 Å². The highest BCUT2D eigenvalue weighted by atomic mass is 31.0. The van der Waals surface area contributed by atoms with Crippen molar-refractivity contribution in [2.45, 2.75) is 38.4 Å². The third-order valence-electron chi connectivity index (χ3n) is 5.84. The van der Waals surface area contributed by atoms with Gasteiger partial charge in [0.1, 0.15) is 18.5 Å². The van der Waals surface area contributed by atoms with Crippen molar-refractivity contribution in [3.8, 4) is 17.6 Å². The van der Waals surface area contributed by atoms with Crippen LogP contribution in [0.15, 0.2) is 30.3 Å². The minimum Gasteiger partial charge on any atom is -0.488 e. The van der Waals surface area contributed by atoms with Crippen molar-refractivity contribution in [2.24, 2.45) is 0 Å². The second kappa shape index (κ2) is 13.6. The number of hydrogen-bond acceptors (Lipinski definition) is 7. The summed E-state index contributed by atoms with van der Waals surface area (Å²) in [5, 5.41) is 13.0. The zero-order valence-electron chi connectivity index (χ0n) is 20.9. The molecule has 0 aliphatic carbocycles. The van der Waals surface area contributed by atoms with Gasteiger partial charge in [-0.1, -0.05) is 6.07 Å². The molecule has 0 fully saturated rings. The van der Waals surface area contributed by atoms with Gasteiger partial charge in [0, 0.05) is 31.7 Å². The molecule has 7 nitrogen and oxygen atoms in total. The average Bonchev–Trinajstić information content (AvgIpc) is 3.25. The quantitative estimate of drug-likeness (QED) is 0.212. The number of fused-ring (bicyclic) bond motifs is 1. The third-order valence-corrected chi connectivity index (χ3v) is 6.01. The highest BCUT2D eigenvalue weighted by Crippen LogP contribution is 2.33. The van der Waals surface area contributed by atoms with E-state index in [4.69, 9.17) is 14.2 Å². The molecule has 1 unspecified atom stereocenters. The van der Waals surface area contributed by atoms with Crippen LogP contribution in [0.4, 0.5) is 28.0 Å². The molecule has 0 aromatic heterocycles. The van der Waals surface area contributed by atoms with E-state index in [1.807, 2.05) is 22.2 Å². The number of hydrogen-bond donors (Lipinski definition) is 1. The molecular weight excluding hydrogens is 525 g/mol. The molecule has 0 saturated heterocycles. The summed E-state index contributed by atoms with van der Waals surface area (Å²) in [6.45, 7) is 2.72.